The van der Waals surface area contributed by atoms with Crippen LogP contribution in [0, 0.1) is 12.8 Å². The van der Waals surface area contributed by atoms with E-state index >= 15 is 0 Å². The number of benzene rings is 1. The highest BCUT2D eigenvalue weighted by Gasteiger charge is 2.35. The smallest absolute Gasteiger partial charge is 0.227 e. The number of nitrogens with one attached hydrogen (secondary N) is 1. The van der Waals surface area contributed by atoms with Gasteiger partial charge in [-0.05, 0) is 24.6 Å². The molecule has 1 aliphatic rings. The number of carbonyl (C=O) groups excluding carboxylic acids is 2. The number of aryl methyl sites for hydroxylation is 1. The Labute approximate surface area is 132 Å². The minimum absolute atomic E-state index is 0.0161. The number of rotatable bonds is 5. The summed E-state index contributed by atoms with van der Waals surface area (Å²) in [5.74, 6) is -0.402. The van der Waals surface area contributed by atoms with Crippen molar-refractivity contribution in [1.29, 1.82) is 0 Å². The lowest BCUT2D eigenvalue weighted by Gasteiger charge is -2.17. The number of anilines is 1. The zero-order chi connectivity index (χ0) is 15.4. The van der Waals surface area contributed by atoms with Crippen LogP contribution in [0.4, 0.5) is 5.69 Å². The average Bonchev–Trinajstić information content (AvgIpc) is 2.84. The molecule has 1 aliphatic heterocycles. The predicted octanol–water partition coefficient (Wildman–Crippen LogP) is 1.87. The van der Waals surface area contributed by atoms with Gasteiger partial charge in [-0.25, -0.2) is 0 Å². The summed E-state index contributed by atoms with van der Waals surface area (Å²) in [7, 11) is 1.59. The standard InChI is InChI=1S/C15H19BrN2O3/c1-10-3-4-12(8-13(10)16)18-9-11(7-14(18)19)15(20)17-5-6-21-2/h3-4,8,11H,5-7,9H2,1-2H3,(H,17,20). The molecule has 21 heavy (non-hydrogen) atoms. The number of hydrogen-bond donors (Lipinski definition) is 1. The third-order valence-corrected chi connectivity index (χ3v) is 4.42. The Bertz CT molecular complexity index is 548. The fourth-order valence-electron chi connectivity index (χ4n) is 2.30. The molecule has 0 aliphatic carbocycles. The quantitative estimate of drug-likeness (QED) is 0.821. The minimum Gasteiger partial charge on any atom is -0.383 e. The number of nitrogens with zero attached hydrogens (tertiary/aromatic N) is 1. The van der Waals surface area contributed by atoms with Gasteiger partial charge in [0.15, 0.2) is 0 Å². The lowest BCUT2D eigenvalue weighted by atomic mass is 10.1. The number of halogens is 1. The maximum absolute atomic E-state index is 12.1. The van der Waals surface area contributed by atoms with Gasteiger partial charge >= 0.3 is 0 Å². The van der Waals surface area contributed by atoms with Gasteiger partial charge in [-0.1, -0.05) is 22.0 Å². The lowest BCUT2D eigenvalue weighted by molar-refractivity contribution is -0.126. The largest absolute Gasteiger partial charge is 0.383 e. The van der Waals surface area contributed by atoms with E-state index in [0.29, 0.717) is 19.7 Å². The van der Waals surface area contributed by atoms with Crippen LogP contribution in [-0.4, -0.2) is 38.6 Å². The SMILES string of the molecule is COCCNC(=O)C1CC(=O)N(c2ccc(C)c(Br)c2)C1. The van der Waals surface area contributed by atoms with E-state index in [4.69, 9.17) is 4.74 Å². The molecule has 0 aromatic heterocycles. The maximum Gasteiger partial charge on any atom is 0.227 e. The molecule has 0 bridgehead atoms. The zero-order valence-corrected chi connectivity index (χ0v) is 13.8. The van der Waals surface area contributed by atoms with Crippen molar-refractivity contribution in [3.8, 4) is 0 Å². The molecule has 0 saturated carbocycles. The van der Waals surface area contributed by atoms with Gasteiger partial charge in [0.25, 0.3) is 0 Å². The molecule has 1 aromatic carbocycles. The first kappa shape index (κ1) is 16.0. The highest BCUT2D eigenvalue weighted by Crippen LogP contribution is 2.29. The Hall–Kier alpha value is -1.40. The van der Waals surface area contributed by atoms with E-state index in [1.165, 1.54) is 0 Å². The van der Waals surface area contributed by atoms with Crippen LogP contribution in [0.15, 0.2) is 22.7 Å². The molecule has 0 spiro atoms. The van der Waals surface area contributed by atoms with Crippen LogP contribution < -0.4 is 10.2 Å². The van der Waals surface area contributed by atoms with Crippen molar-refractivity contribution in [2.24, 2.45) is 5.92 Å². The number of carbonyl (C=O) groups is 2. The van der Waals surface area contributed by atoms with E-state index < -0.39 is 0 Å². The van der Waals surface area contributed by atoms with Crippen LogP contribution in [0.25, 0.3) is 0 Å². The lowest BCUT2D eigenvalue weighted by Crippen LogP contribution is -2.34. The van der Waals surface area contributed by atoms with Gasteiger partial charge < -0.3 is 15.0 Å². The Kier molecular flexibility index (Phi) is 5.36. The number of methoxy groups -OCH3 is 1. The molecule has 1 N–H and O–H groups in total. The van der Waals surface area contributed by atoms with Crippen molar-refractivity contribution in [2.75, 3.05) is 31.7 Å². The third-order valence-electron chi connectivity index (χ3n) is 3.57. The van der Waals surface area contributed by atoms with E-state index in [2.05, 4.69) is 21.2 Å². The van der Waals surface area contributed by atoms with Crippen molar-refractivity contribution in [2.45, 2.75) is 13.3 Å². The second kappa shape index (κ2) is 7.04. The summed E-state index contributed by atoms with van der Waals surface area (Å²) in [6, 6.07) is 5.78. The van der Waals surface area contributed by atoms with Crippen molar-refractivity contribution < 1.29 is 14.3 Å². The second-order valence-electron chi connectivity index (χ2n) is 5.12. The molecule has 1 fully saturated rings. The minimum atomic E-state index is -0.297. The summed E-state index contributed by atoms with van der Waals surface area (Å²) < 4.78 is 5.85. The molecular formula is C15H19BrN2O3. The third kappa shape index (κ3) is 3.83. The number of hydrogen-bond acceptors (Lipinski definition) is 3. The Balaban J connectivity index is 2.02. The molecule has 5 nitrogen and oxygen atoms in total. The average molecular weight is 355 g/mol. The van der Waals surface area contributed by atoms with Gasteiger partial charge in [0, 0.05) is 36.8 Å². The Morgan fingerprint density at radius 1 is 1.52 bits per heavy atom. The number of amides is 2. The van der Waals surface area contributed by atoms with Gasteiger partial charge in [-0.2, -0.15) is 0 Å². The summed E-state index contributed by atoms with van der Waals surface area (Å²) in [6.07, 6.45) is 0.254. The highest BCUT2D eigenvalue weighted by atomic mass is 79.9. The normalized spacial score (nSPS) is 18.1. The van der Waals surface area contributed by atoms with Crippen LogP contribution in [0.2, 0.25) is 0 Å². The Morgan fingerprint density at radius 3 is 2.95 bits per heavy atom. The predicted molar refractivity (Wildman–Crippen MR) is 84.2 cm³/mol. The van der Waals surface area contributed by atoms with E-state index in [-0.39, 0.29) is 24.2 Å². The molecule has 1 heterocycles. The topological polar surface area (TPSA) is 58.6 Å². The second-order valence-corrected chi connectivity index (χ2v) is 5.98. The van der Waals surface area contributed by atoms with Crippen LogP contribution in [0.3, 0.4) is 0 Å². The van der Waals surface area contributed by atoms with Crippen molar-refractivity contribution in [3.05, 3.63) is 28.2 Å². The van der Waals surface area contributed by atoms with Crippen molar-refractivity contribution in [1.82, 2.24) is 5.32 Å². The maximum atomic E-state index is 12.1. The van der Waals surface area contributed by atoms with Crippen molar-refractivity contribution in [3.63, 3.8) is 0 Å². The Morgan fingerprint density at radius 2 is 2.29 bits per heavy atom. The zero-order valence-electron chi connectivity index (χ0n) is 12.2. The fourth-order valence-corrected chi connectivity index (χ4v) is 2.67. The van der Waals surface area contributed by atoms with Crippen LogP contribution >= 0.6 is 15.9 Å². The van der Waals surface area contributed by atoms with Crippen LogP contribution in [0.5, 0.6) is 0 Å². The van der Waals surface area contributed by atoms with Gasteiger partial charge in [0.1, 0.15) is 0 Å². The summed E-state index contributed by atoms with van der Waals surface area (Å²) >= 11 is 3.47. The molecule has 2 amide bonds. The molecule has 1 aromatic rings. The van der Waals surface area contributed by atoms with E-state index in [1.807, 2.05) is 25.1 Å². The van der Waals surface area contributed by atoms with E-state index in [9.17, 15) is 9.59 Å². The van der Waals surface area contributed by atoms with Crippen molar-refractivity contribution >= 4 is 33.4 Å². The monoisotopic (exact) mass is 354 g/mol. The molecule has 1 unspecified atom stereocenters. The van der Waals surface area contributed by atoms with Gasteiger partial charge in [-0.3, -0.25) is 9.59 Å². The molecule has 2 rings (SSSR count). The summed E-state index contributed by atoms with van der Waals surface area (Å²) in [5.41, 5.74) is 1.93. The number of ether oxygens (including phenoxy) is 1. The van der Waals surface area contributed by atoms with Gasteiger partial charge in [0.2, 0.25) is 11.8 Å². The van der Waals surface area contributed by atoms with Crippen LogP contribution in [-0.2, 0) is 14.3 Å². The fraction of sp³-hybridized carbons (Fsp3) is 0.467. The summed E-state index contributed by atoms with van der Waals surface area (Å²) in [5, 5.41) is 2.79. The summed E-state index contributed by atoms with van der Waals surface area (Å²) in [6.45, 7) is 3.36. The van der Waals surface area contributed by atoms with Crippen LogP contribution in [0.1, 0.15) is 12.0 Å². The first-order valence-electron chi connectivity index (χ1n) is 6.86. The molecule has 114 valence electrons. The molecular weight excluding hydrogens is 336 g/mol. The molecule has 6 heteroatoms. The highest BCUT2D eigenvalue weighted by molar-refractivity contribution is 9.10. The van der Waals surface area contributed by atoms with Gasteiger partial charge in [0.05, 0.1) is 12.5 Å². The van der Waals surface area contributed by atoms with E-state index in [0.717, 1.165) is 15.7 Å². The first-order chi connectivity index (χ1) is 10.0. The summed E-state index contributed by atoms with van der Waals surface area (Å²) in [4.78, 5) is 25.8. The van der Waals surface area contributed by atoms with Gasteiger partial charge in [-0.15, -0.1) is 0 Å². The van der Waals surface area contributed by atoms with E-state index in [1.54, 1.807) is 12.0 Å². The molecule has 0 radical (unpaired) electrons. The molecule has 1 atom stereocenters. The molecule has 1 saturated heterocycles. The first-order valence-corrected chi connectivity index (χ1v) is 7.65.